The number of pyridine rings is 1. The zero-order chi connectivity index (χ0) is 21.5. The molecule has 0 bridgehead atoms. The Balaban J connectivity index is 1.32. The first-order valence-corrected chi connectivity index (χ1v) is 11.2. The summed E-state index contributed by atoms with van der Waals surface area (Å²) in [6.45, 7) is 2.43. The number of nitrogens with one attached hydrogen (secondary N) is 1. The number of carbonyl (C=O) groups excluding carboxylic acids is 1. The van der Waals surface area contributed by atoms with E-state index in [9.17, 15) is 4.79 Å². The predicted molar refractivity (Wildman–Crippen MR) is 119 cm³/mol. The Hall–Kier alpha value is -3.62. The average Bonchev–Trinajstić information content (AvgIpc) is 3.55. The summed E-state index contributed by atoms with van der Waals surface area (Å²) in [7, 11) is 0. The van der Waals surface area contributed by atoms with Gasteiger partial charge in [0.1, 0.15) is 23.7 Å². The van der Waals surface area contributed by atoms with Crippen LogP contribution in [0.25, 0.3) is 28.1 Å². The van der Waals surface area contributed by atoms with E-state index in [2.05, 4.69) is 25.3 Å². The molecule has 2 aliphatic rings. The van der Waals surface area contributed by atoms with Gasteiger partial charge in [-0.1, -0.05) is 0 Å². The van der Waals surface area contributed by atoms with Crippen LogP contribution >= 0.6 is 0 Å². The number of hydrogen-bond acceptors (Lipinski definition) is 7. The molecule has 2 saturated heterocycles. The maximum Gasteiger partial charge on any atom is 0.231 e. The molecule has 6 heterocycles. The van der Waals surface area contributed by atoms with E-state index in [4.69, 9.17) is 9.15 Å². The van der Waals surface area contributed by atoms with Crippen LogP contribution in [-0.4, -0.2) is 51.2 Å². The molecular formula is C23H24N6O3. The van der Waals surface area contributed by atoms with Gasteiger partial charge in [0.05, 0.1) is 17.6 Å². The number of aromatic nitrogens is 4. The van der Waals surface area contributed by atoms with E-state index < -0.39 is 0 Å². The van der Waals surface area contributed by atoms with Crippen molar-refractivity contribution in [2.24, 2.45) is 0 Å². The molecule has 0 unspecified atom stereocenters. The lowest BCUT2D eigenvalue weighted by atomic mass is 10.1. The number of hydrogen-bond donors (Lipinski definition) is 1. The van der Waals surface area contributed by atoms with Crippen molar-refractivity contribution < 1.29 is 13.9 Å². The monoisotopic (exact) mass is 432 g/mol. The maximum absolute atomic E-state index is 11.4. The number of furan rings is 1. The van der Waals surface area contributed by atoms with Gasteiger partial charge in [-0.3, -0.25) is 4.79 Å². The fourth-order valence-corrected chi connectivity index (χ4v) is 4.52. The highest BCUT2D eigenvalue weighted by atomic mass is 16.5. The van der Waals surface area contributed by atoms with Crippen molar-refractivity contribution in [1.29, 1.82) is 0 Å². The molecule has 1 N–H and O–H groups in total. The van der Waals surface area contributed by atoms with Crippen molar-refractivity contribution in [1.82, 2.24) is 24.9 Å². The minimum absolute atomic E-state index is 0.0262. The van der Waals surface area contributed by atoms with Gasteiger partial charge in [-0.2, -0.15) is 0 Å². The van der Waals surface area contributed by atoms with Gasteiger partial charge in [-0.05, 0) is 43.9 Å². The number of ether oxygens (including phenoxy) is 1. The van der Waals surface area contributed by atoms with Crippen molar-refractivity contribution in [3.05, 3.63) is 36.7 Å². The largest absolute Gasteiger partial charge is 0.474 e. The van der Waals surface area contributed by atoms with Crippen molar-refractivity contribution >= 4 is 28.3 Å². The Labute approximate surface area is 184 Å². The number of fused-ring (bicyclic) bond motifs is 2. The highest BCUT2D eigenvalue weighted by Gasteiger charge is 2.22. The van der Waals surface area contributed by atoms with Crippen LogP contribution < -0.4 is 15.0 Å². The molecule has 4 aromatic heterocycles. The molecule has 0 spiro atoms. The van der Waals surface area contributed by atoms with E-state index in [0.717, 1.165) is 42.0 Å². The smallest absolute Gasteiger partial charge is 0.231 e. The summed E-state index contributed by atoms with van der Waals surface area (Å²) in [6.07, 6.45) is 8.54. The fraction of sp³-hybridized carbons (Fsp3) is 0.391. The molecule has 4 aromatic rings. The van der Waals surface area contributed by atoms with Crippen LogP contribution in [0, 0.1) is 0 Å². The SMILES string of the molecule is O=C1CC[C@H](COc2ccc3ncc(-c4cc5c(N6CCCCC6)nccc5o4)n3n2)N1. The summed E-state index contributed by atoms with van der Waals surface area (Å²) >= 11 is 0. The molecule has 32 heavy (non-hydrogen) atoms. The van der Waals surface area contributed by atoms with Gasteiger partial charge in [0.25, 0.3) is 0 Å². The molecule has 9 nitrogen and oxygen atoms in total. The number of anilines is 1. The second-order valence-electron chi connectivity index (χ2n) is 8.40. The van der Waals surface area contributed by atoms with E-state index in [-0.39, 0.29) is 11.9 Å². The number of rotatable bonds is 5. The highest BCUT2D eigenvalue weighted by molar-refractivity contribution is 5.92. The van der Waals surface area contributed by atoms with E-state index in [1.54, 1.807) is 23.0 Å². The number of amides is 1. The maximum atomic E-state index is 11.4. The Kier molecular flexibility index (Phi) is 4.66. The zero-order valence-corrected chi connectivity index (χ0v) is 17.7. The molecule has 0 radical (unpaired) electrons. The van der Waals surface area contributed by atoms with Crippen LogP contribution in [-0.2, 0) is 4.79 Å². The summed E-state index contributed by atoms with van der Waals surface area (Å²) in [6, 6.07) is 7.60. The van der Waals surface area contributed by atoms with Crippen LogP contribution in [0.15, 0.2) is 41.1 Å². The van der Waals surface area contributed by atoms with Crippen molar-refractivity contribution in [3.63, 3.8) is 0 Å². The fourth-order valence-electron chi connectivity index (χ4n) is 4.52. The zero-order valence-electron chi connectivity index (χ0n) is 17.7. The minimum Gasteiger partial charge on any atom is -0.474 e. The third-order valence-electron chi connectivity index (χ3n) is 6.19. The molecule has 1 amide bonds. The van der Waals surface area contributed by atoms with Gasteiger partial charge in [0.2, 0.25) is 11.8 Å². The van der Waals surface area contributed by atoms with Gasteiger partial charge in [-0.25, -0.2) is 14.5 Å². The molecule has 2 aliphatic heterocycles. The standard InChI is InChI=1S/C23H24N6O3/c30-21-6-4-15(26-21)14-31-22-7-5-20-25-13-17(29(20)27-22)19-12-16-18(32-19)8-9-24-23(16)28-10-2-1-3-11-28/h5,7-9,12-13,15H,1-4,6,10-11,14H2,(H,26,30)/t15-/m1/s1. The second kappa shape index (κ2) is 7.81. The van der Waals surface area contributed by atoms with Crippen molar-refractivity contribution in [3.8, 4) is 17.3 Å². The molecule has 164 valence electrons. The number of piperidine rings is 1. The lowest BCUT2D eigenvalue weighted by Crippen LogP contribution is -2.31. The first kappa shape index (κ1) is 19.1. The predicted octanol–water partition coefficient (Wildman–Crippen LogP) is 3.19. The average molecular weight is 432 g/mol. The highest BCUT2D eigenvalue weighted by Crippen LogP contribution is 2.34. The second-order valence-corrected chi connectivity index (χ2v) is 8.40. The van der Waals surface area contributed by atoms with Crippen LogP contribution in [0.3, 0.4) is 0 Å². The molecule has 0 aromatic carbocycles. The molecule has 0 saturated carbocycles. The van der Waals surface area contributed by atoms with Crippen molar-refractivity contribution in [2.45, 2.75) is 38.1 Å². The summed E-state index contributed by atoms with van der Waals surface area (Å²) in [5.41, 5.74) is 2.26. The minimum atomic E-state index is 0.0262. The Bertz CT molecular complexity index is 1290. The van der Waals surface area contributed by atoms with Crippen LogP contribution in [0.5, 0.6) is 5.88 Å². The summed E-state index contributed by atoms with van der Waals surface area (Å²) in [5.74, 6) is 2.21. The van der Waals surface area contributed by atoms with Gasteiger partial charge >= 0.3 is 0 Å². The van der Waals surface area contributed by atoms with Gasteiger partial charge in [-0.15, -0.1) is 5.10 Å². The van der Waals surface area contributed by atoms with E-state index >= 15 is 0 Å². The molecule has 2 fully saturated rings. The molecule has 1 atom stereocenters. The molecule has 9 heteroatoms. The lowest BCUT2D eigenvalue weighted by Gasteiger charge is -2.27. The summed E-state index contributed by atoms with van der Waals surface area (Å²) in [4.78, 5) is 22.8. The van der Waals surface area contributed by atoms with E-state index in [1.807, 2.05) is 18.2 Å². The van der Waals surface area contributed by atoms with Crippen LogP contribution in [0.1, 0.15) is 32.1 Å². The third kappa shape index (κ3) is 3.43. The number of imidazole rings is 1. The van der Waals surface area contributed by atoms with Crippen LogP contribution in [0.4, 0.5) is 5.82 Å². The Morgan fingerprint density at radius 3 is 2.91 bits per heavy atom. The topological polar surface area (TPSA) is 97.8 Å². The summed E-state index contributed by atoms with van der Waals surface area (Å²) in [5, 5.41) is 8.52. The summed E-state index contributed by atoms with van der Waals surface area (Å²) < 4.78 is 13.8. The molecular weight excluding hydrogens is 408 g/mol. The molecule has 0 aliphatic carbocycles. The normalized spacial score (nSPS) is 19.1. The quantitative estimate of drug-likeness (QED) is 0.517. The lowest BCUT2D eigenvalue weighted by molar-refractivity contribution is -0.119. The van der Waals surface area contributed by atoms with E-state index in [0.29, 0.717) is 30.3 Å². The number of carbonyl (C=O) groups is 1. The number of nitrogens with zero attached hydrogens (tertiary/aromatic N) is 5. The van der Waals surface area contributed by atoms with Crippen LogP contribution in [0.2, 0.25) is 0 Å². The third-order valence-corrected chi connectivity index (χ3v) is 6.19. The van der Waals surface area contributed by atoms with Gasteiger partial charge < -0.3 is 19.4 Å². The van der Waals surface area contributed by atoms with Gasteiger partial charge in [0, 0.05) is 31.8 Å². The molecule has 6 rings (SSSR count). The Morgan fingerprint density at radius 2 is 2.06 bits per heavy atom. The first-order valence-electron chi connectivity index (χ1n) is 11.2. The first-order chi connectivity index (χ1) is 15.7. The Morgan fingerprint density at radius 1 is 1.16 bits per heavy atom. The van der Waals surface area contributed by atoms with Gasteiger partial charge in [0.15, 0.2) is 11.4 Å². The van der Waals surface area contributed by atoms with Crippen molar-refractivity contribution in [2.75, 3.05) is 24.6 Å². The van der Waals surface area contributed by atoms with E-state index in [1.165, 1.54) is 19.3 Å².